The third-order valence-corrected chi connectivity index (χ3v) is 4.15. The summed E-state index contributed by atoms with van der Waals surface area (Å²) in [5.74, 6) is 1.10. The van der Waals surface area contributed by atoms with Crippen LogP contribution in [0.2, 0.25) is 0 Å². The Balaban J connectivity index is 1.49. The Labute approximate surface area is 130 Å². The SMILES string of the molecule is Cn1nccc1N1CCCC(NC(=O)CC2OCCCO2)C1. The van der Waals surface area contributed by atoms with E-state index in [4.69, 9.17) is 9.47 Å². The number of aryl methyl sites for hydroxylation is 1. The Kier molecular flexibility index (Phi) is 4.94. The summed E-state index contributed by atoms with van der Waals surface area (Å²) in [5, 5.41) is 7.32. The normalized spacial score (nSPS) is 23.5. The lowest BCUT2D eigenvalue weighted by Gasteiger charge is -2.34. The van der Waals surface area contributed by atoms with Crippen LogP contribution in [0.25, 0.3) is 0 Å². The number of nitrogens with one attached hydrogen (secondary N) is 1. The summed E-state index contributed by atoms with van der Waals surface area (Å²) in [4.78, 5) is 14.4. The Morgan fingerprint density at radius 3 is 2.95 bits per heavy atom. The number of carbonyl (C=O) groups excluding carboxylic acids is 1. The standard InChI is InChI=1S/C15H24N4O3/c1-18-14(5-6-16-18)19-7-2-4-12(11-19)17-13(20)10-15-21-8-3-9-22-15/h5-6,12,15H,2-4,7-11H2,1H3,(H,17,20). The Bertz CT molecular complexity index is 499. The molecule has 122 valence electrons. The maximum absolute atomic E-state index is 12.1. The minimum atomic E-state index is -0.384. The summed E-state index contributed by atoms with van der Waals surface area (Å²) in [7, 11) is 1.94. The molecule has 2 aliphatic rings. The van der Waals surface area contributed by atoms with Gasteiger partial charge in [0.05, 0.1) is 25.8 Å². The zero-order valence-corrected chi connectivity index (χ0v) is 13.0. The number of piperidine rings is 1. The van der Waals surface area contributed by atoms with E-state index in [9.17, 15) is 4.79 Å². The molecule has 0 bridgehead atoms. The summed E-state index contributed by atoms with van der Waals surface area (Å²) in [6.45, 7) is 3.17. The summed E-state index contributed by atoms with van der Waals surface area (Å²) in [6.07, 6.45) is 4.67. The van der Waals surface area contributed by atoms with Gasteiger partial charge in [0.25, 0.3) is 0 Å². The number of anilines is 1. The largest absolute Gasteiger partial charge is 0.355 e. The fourth-order valence-electron chi connectivity index (χ4n) is 3.07. The van der Waals surface area contributed by atoms with Crippen LogP contribution >= 0.6 is 0 Å². The van der Waals surface area contributed by atoms with E-state index in [0.717, 1.165) is 38.2 Å². The molecule has 7 heteroatoms. The molecule has 0 aromatic carbocycles. The molecular formula is C15H24N4O3. The topological polar surface area (TPSA) is 68.6 Å². The minimum Gasteiger partial charge on any atom is -0.355 e. The minimum absolute atomic E-state index is 0.00348. The third kappa shape index (κ3) is 3.78. The number of hydrogen-bond donors (Lipinski definition) is 1. The van der Waals surface area contributed by atoms with Crippen molar-refractivity contribution in [2.75, 3.05) is 31.2 Å². The van der Waals surface area contributed by atoms with Crippen molar-refractivity contribution < 1.29 is 14.3 Å². The highest BCUT2D eigenvalue weighted by molar-refractivity contribution is 5.76. The van der Waals surface area contributed by atoms with Crippen molar-refractivity contribution in [1.82, 2.24) is 15.1 Å². The number of nitrogens with zero attached hydrogens (tertiary/aromatic N) is 3. The lowest BCUT2D eigenvalue weighted by Crippen LogP contribution is -2.49. The zero-order valence-electron chi connectivity index (χ0n) is 13.0. The van der Waals surface area contributed by atoms with E-state index < -0.39 is 0 Å². The van der Waals surface area contributed by atoms with Gasteiger partial charge in [-0.15, -0.1) is 0 Å². The van der Waals surface area contributed by atoms with Crippen molar-refractivity contribution >= 4 is 11.7 Å². The van der Waals surface area contributed by atoms with Crippen LogP contribution in [0, 0.1) is 0 Å². The predicted molar refractivity (Wildman–Crippen MR) is 81.5 cm³/mol. The lowest BCUT2D eigenvalue weighted by atomic mass is 10.1. The van der Waals surface area contributed by atoms with Gasteiger partial charge in [-0.2, -0.15) is 5.10 Å². The molecule has 1 aromatic rings. The van der Waals surface area contributed by atoms with Crippen LogP contribution in [0.3, 0.4) is 0 Å². The van der Waals surface area contributed by atoms with Gasteiger partial charge < -0.3 is 19.7 Å². The van der Waals surface area contributed by atoms with Crippen LogP contribution in [-0.4, -0.2) is 54.3 Å². The Hall–Kier alpha value is -1.60. The molecule has 0 saturated carbocycles. The third-order valence-electron chi connectivity index (χ3n) is 4.15. The fraction of sp³-hybridized carbons (Fsp3) is 0.733. The monoisotopic (exact) mass is 308 g/mol. The highest BCUT2D eigenvalue weighted by Gasteiger charge is 2.25. The van der Waals surface area contributed by atoms with Crippen molar-refractivity contribution in [1.29, 1.82) is 0 Å². The molecular weight excluding hydrogens is 284 g/mol. The van der Waals surface area contributed by atoms with Gasteiger partial charge in [-0.25, -0.2) is 0 Å². The van der Waals surface area contributed by atoms with E-state index in [1.807, 2.05) is 17.8 Å². The van der Waals surface area contributed by atoms with E-state index in [1.165, 1.54) is 0 Å². The number of carbonyl (C=O) groups is 1. The smallest absolute Gasteiger partial charge is 0.225 e. The van der Waals surface area contributed by atoms with Crippen molar-refractivity contribution in [3.8, 4) is 0 Å². The summed E-state index contributed by atoms with van der Waals surface area (Å²) >= 11 is 0. The van der Waals surface area contributed by atoms with Gasteiger partial charge in [0.2, 0.25) is 5.91 Å². The molecule has 1 amide bonds. The number of hydrogen-bond acceptors (Lipinski definition) is 5. The highest BCUT2D eigenvalue weighted by Crippen LogP contribution is 2.19. The van der Waals surface area contributed by atoms with Crippen molar-refractivity contribution in [2.24, 2.45) is 7.05 Å². The first-order valence-corrected chi connectivity index (χ1v) is 7.98. The molecule has 7 nitrogen and oxygen atoms in total. The maximum atomic E-state index is 12.1. The van der Waals surface area contributed by atoms with Crippen molar-refractivity contribution in [3.05, 3.63) is 12.3 Å². The molecule has 2 fully saturated rings. The first-order chi connectivity index (χ1) is 10.7. The molecule has 0 aliphatic carbocycles. The number of aromatic nitrogens is 2. The molecule has 3 rings (SSSR count). The molecule has 1 atom stereocenters. The fourth-order valence-corrected chi connectivity index (χ4v) is 3.07. The average molecular weight is 308 g/mol. The van der Waals surface area contributed by atoms with E-state index in [0.29, 0.717) is 13.2 Å². The molecule has 0 radical (unpaired) electrons. The van der Waals surface area contributed by atoms with Crippen LogP contribution in [0.4, 0.5) is 5.82 Å². The molecule has 2 saturated heterocycles. The van der Waals surface area contributed by atoms with Crippen LogP contribution in [-0.2, 0) is 21.3 Å². The van der Waals surface area contributed by atoms with Gasteiger partial charge >= 0.3 is 0 Å². The summed E-state index contributed by atoms with van der Waals surface area (Å²) in [6, 6.07) is 2.17. The number of amides is 1. The Morgan fingerprint density at radius 1 is 1.41 bits per heavy atom. The maximum Gasteiger partial charge on any atom is 0.225 e. The van der Waals surface area contributed by atoms with E-state index in [-0.39, 0.29) is 24.7 Å². The Morgan fingerprint density at radius 2 is 2.23 bits per heavy atom. The van der Waals surface area contributed by atoms with Crippen LogP contribution < -0.4 is 10.2 Å². The molecule has 0 spiro atoms. The number of rotatable bonds is 4. The average Bonchev–Trinajstić information content (AvgIpc) is 2.94. The van der Waals surface area contributed by atoms with Crippen molar-refractivity contribution in [2.45, 2.75) is 38.0 Å². The van der Waals surface area contributed by atoms with Gasteiger partial charge in [0, 0.05) is 32.2 Å². The molecule has 2 aliphatic heterocycles. The van der Waals surface area contributed by atoms with Crippen LogP contribution in [0.15, 0.2) is 12.3 Å². The second-order valence-corrected chi connectivity index (χ2v) is 5.89. The van der Waals surface area contributed by atoms with E-state index >= 15 is 0 Å². The second kappa shape index (κ2) is 7.11. The molecule has 22 heavy (non-hydrogen) atoms. The second-order valence-electron chi connectivity index (χ2n) is 5.89. The summed E-state index contributed by atoms with van der Waals surface area (Å²) in [5.41, 5.74) is 0. The van der Waals surface area contributed by atoms with Gasteiger partial charge in [-0.05, 0) is 19.3 Å². The molecule has 1 aromatic heterocycles. The van der Waals surface area contributed by atoms with E-state index in [1.54, 1.807) is 6.20 Å². The quantitative estimate of drug-likeness (QED) is 0.885. The first kappa shape index (κ1) is 15.3. The van der Waals surface area contributed by atoms with E-state index in [2.05, 4.69) is 15.3 Å². The van der Waals surface area contributed by atoms with Crippen LogP contribution in [0.1, 0.15) is 25.7 Å². The highest BCUT2D eigenvalue weighted by atomic mass is 16.7. The van der Waals surface area contributed by atoms with Gasteiger partial charge in [-0.3, -0.25) is 9.48 Å². The molecule has 1 unspecified atom stereocenters. The molecule has 3 heterocycles. The lowest BCUT2D eigenvalue weighted by molar-refractivity contribution is -0.184. The van der Waals surface area contributed by atoms with Gasteiger partial charge in [0.15, 0.2) is 6.29 Å². The molecule has 1 N–H and O–H groups in total. The predicted octanol–water partition coefficient (Wildman–Crippen LogP) is 0.658. The summed E-state index contributed by atoms with van der Waals surface area (Å²) < 4.78 is 12.7. The van der Waals surface area contributed by atoms with Crippen LogP contribution in [0.5, 0.6) is 0 Å². The number of ether oxygens (including phenoxy) is 2. The zero-order chi connectivity index (χ0) is 15.4. The van der Waals surface area contributed by atoms with Crippen molar-refractivity contribution in [3.63, 3.8) is 0 Å². The van der Waals surface area contributed by atoms with Gasteiger partial charge in [0.1, 0.15) is 5.82 Å². The van der Waals surface area contributed by atoms with Gasteiger partial charge in [-0.1, -0.05) is 0 Å². The first-order valence-electron chi connectivity index (χ1n) is 7.98.